The second-order valence-corrected chi connectivity index (χ2v) is 3.53. The molecule has 0 aliphatic carbocycles. The summed E-state index contributed by atoms with van der Waals surface area (Å²) >= 11 is 5.76. The number of anilines is 1. The number of alkyl halides is 2. The van der Waals surface area contributed by atoms with Crippen molar-refractivity contribution in [3.8, 4) is 5.88 Å². The average Bonchev–Trinajstić information content (AvgIpc) is 2.14. The highest BCUT2D eigenvalue weighted by atomic mass is 35.5. The maximum atomic E-state index is 12.5. The van der Waals surface area contributed by atoms with Gasteiger partial charge in [0.15, 0.2) is 6.61 Å². The van der Waals surface area contributed by atoms with Gasteiger partial charge in [-0.1, -0.05) is 11.6 Å². The highest BCUT2D eigenvalue weighted by Gasteiger charge is 2.22. The fourth-order valence-corrected chi connectivity index (χ4v) is 1.08. The summed E-state index contributed by atoms with van der Waals surface area (Å²) in [5, 5.41) is 3.02. The minimum Gasteiger partial charge on any atom is -0.470 e. The lowest BCUT2D eigenvalue weighted by atomic mass is 10.4. The molecule has 0 saturated heterocycles. The summed E-state index contributed by atoms with van der Waals surface area (Å²) in [6.07, 6.45) is 1.45. The fraction of sp³-hybridized carbons (Fsp3) is 0.444. The second kappa shape index (κ2) is 4.61. The molecule has 1 aromatic heterocycles. The molecule has 3 nitrogen and oxygen atoms in total. The molecule has 0 aromatic carbocycles. The molecule has 0 spiro atoms. The fourth-order valence-electron chi connectivity index (χ4n) is 0.863. The van der Waals surface area contributed by atoms with Gasteiger partial charge in [-0.25, -0.2) is 13.8 Å². The molecule has 0 atom stereocenters. The Bertz CT molecular complexity index is 341. The highest BCUT2D eigenvalue weighted by Crippen LogP contribution is 2.25. The molecule has 0 radical (unpaired) electrons. The topological polar surface area (TPSA) is 34.2 Å². The molecule has 0 amide bonds. The molecule has 0 bridgehead atoms. The third-order valence-electron chi connectivity index (χ3n) is 1.56. The first-order chi connectivity index (χ1) is 6.92. The van der Waals surface area contributed by atoms with Gasteiger partial charge < -0.3 is 10.1 Å². The molecular formula is C9H11ClF2N2O. The Morgan fingerprint density at radius 2 is 2.27 bits per heavy atom. The number of nitrogens with zero attached hydrogens (tertiary/aromatic N) is 1. The third-order valence-corrected chi connectivity index (χ3v) is 1.83. The minimum atomic E-state index is -2.90. The molecule has 0 aliphatic rings. The van der Waals surface area contributed by atoms with Gasteiger partial charge in [0.05, 0.1) is 11.9 Å². The van der Waals surface area contributed by atoms with E-state index >= 15 is 0 Å². The predicted molar refractivity (Wildman–Crippen MR) is 54.9 cm³/mol. The zero-order valence-corrected chi connectivity index (χ0v) is 9.11. The van der Waals surface area contributed by atoms with Gasteiger partial charge in [-0.2, -0.15) is 0 Å². The number of hydrogen-bond donors (Lipinski definition) is 1. The Labute approximate surface area is 91.4 Å². The van der Waals surface area contributed by atoms with Crippen molar-refractivity contribution in [2.45, 2.75) is 12.8 Å². The number of aromatic nitrogens is 1. The van der Waals surface area contributed by atoms with Gasteiger partial charge in [-0.3, -0.25) is 0 Å². The van der Waals surface area contributed by atoms with E-state index in [0.29, 0.717) is 5.69 Å². The lowest BCUT2D eigenvalue weighted by Gasteiger charge is -2.12. The first-order valence-corrected chi connectivity index (χ1v) is 4.64. The average molecular weight is 237 g/mol. The van der Waals surface area contributed by atoms with Crippen LogP contribution in [0.15, 0.2) is 12.3 Å². The van der Waals surface area contributed by atoms with E-state index in [-0.39, 0.29) is 10.9 Å². The molecule has 0 fully saturated rings. The third kappa shape index (κ3) is 3.87. The molecule has 15 heavy (non-hydrogen) atoms. The van der Waals surface area contributed by atoms with Crippen LogP contribution in [-0.2, 0) is 0 Å². The number of nitrogens with one attached hydrogen (secondary N) is 1. The monoisotopic (exact) mass is 236 g/mol. The van der Waals surface area contributed by atoms with E-state index < -0.39 is 12.5 Å². The molecule has 1 aromatic rings. The summed E-state index contributed by atoms with van der Waals surface area (Å²) < 4.78 is 29.7. The SMILES string of the molecule is CNc1cnc(OCC(C)(F)F)c(Cl)c1. The predicted octanol–water partition coefficient (Wildman–Crippen LogP) is 2.81. The van der Waals surface area contributed by atoms with E-state index in [1.165, 1.54) is 6.20 Å². The number of pyridine rings is 1. The van der Waals surface area contributed by atoms with Crippen LogP contribution in [0.1, 0.15) is 6.92 Å². The maximum Gasteiger partial charge on any atom is 0.278 e. The summed E-state index contributed by atoms with van der Waals surface area (Å²) in [6, 6.07) is 1.55. The van der Waals surface area contributed by atoms with E-state index in [9.17, 15) is 8.78 Å². The molecule has 0 saturated carbocycles. The highest BCUT2D eigenvalue weighted by molar-refractivity contribution is 6.32. The van der Waals surface area contributed by atoms with Crippen LogP contribution in [0.3, 0.4) is 0 Å². The van der Waals surface area contributed by atoms with E-state index in [1.807, 2.05) is 0 Å². The van der Waals surface area contributed by atoms with E-state index in [4.69, 9.17) is 16.3 Å². The summed E-state index contributed by atoms with van der Waals surface area (Å²) in [5.74, 6) is -2.88. The smallest absolute Gasteiger partial charge is 0.278 e. The van der Waals surface area contributed by atoms with Crippen LogP contribution in [0.4, 0.5) is 14.5 Å². The normalized spacial score (nSPS) is 11.3. The van der Waals surface area contributed by atoms with Crippen LogP contribution in [-0.4, -0.2) is 24.6 Å². The molecule has 0 unspecified atom stereocenters. The first kappa shape index (κ1) is 12.0. The van der Waals surface area contributed by atoms with Crippen LogP contribution >= 0.6 is 11.6 Å². The molecule has 1 heterocycles. The Balaban J connectivity index is 2.70. The Kier molecular flexibility index (Phi) is 3.68. The standard InChI is InChI=1S/C9H11ClF2N2O/c1-9(11,12)5-15-8-7(10)3-6(13-2)4-14-8/h3-4,13H,5H2,1-2H3. The number of halogens is 3. The lowest BCUT2D eigenvalue weighted by molar-refractivity contribution is -0.0241. The van der Waals surface area contributed by atoms with Crippen molar-refractivity contribution in [2.24, 2.45) is 0 Å². The Morgan fingerprint density at radius 1 is 1.60 bits per heavy atom. The number of hydrogen-bond acceptors (Lipinski definition) is 3. The van der Waals surface area contributed by atoms with Gasteiger partial charge in [0, 0.05) is 14.0 Å². The lowest BCUT2D eigenvalue weighted by Crippen LogP contribution is -2.21. The van der Waals surface area contributed by atoms with Gasteiger partial charge in [-0.05, 0) is 6.07 Å². The van der Waals surface area contributed by atoms with Crippen LogP contribution in [0.25, 0.3) is 0 Å². The van der Waals surface area contributed by atoms with Gasteiger partial charge in [0.25, 0.3) is 5.92 Å². The van der Waals surface area contributed by atoms with Crippen molar-refractivity contribution in [1.29, 1.82) is 0 Å². The molecule has 84 valence electrons. The second-order valence-electron chi connectivity index (χ2n) is 3.12. The van der Waals surface area contributed by atoms with Crippen LogP contribution in [0, 0.1) is 0 Å². The molecule has 0 aliphatic heterocycles. The largest absolute Gasteiger partial charge is 0.470 e. The van der Waals surface area contributed by atoms with E-state index in [2.05, 4.69) is 10.3 Å². The van der Waals surface area contributed by atoms with Gasteiger partial charge in [0.1, 0.15) is 5.02 Å². The van der Waals surface area contributed by atoms with Gasteiger partial charge >= 0.3 is 0 Å². The summed E-state index contributed by atoms with van der Waals surface area (Å²) in [7, 11) is 1.70. The van der Waals surface area contributed by atoms with Crippen LogP contribution in [0.5, 0.6) is 5.88 Å². The zero-order valence-electron chi connectivity index (χ0n) is 8.35. The summed E-state index contributed by atoms with van der Waals surface area (Å²) in [5.41, 5.74) is 0.690. The Hall–Kier alpha value is -1.10. The van der Waals surface area contributed by atoms with Crippen molar-refractivity contribution in [1.82, 2.24) is 4.98 Å². The molecular weight excluding hydrogens is 226 g/mol. The number of ether oxygens (including phenoxy) is 1. The minimum absolute atomic E-state index is 0.0113. The number of rotatable bonds is 4. The van der Waals surface area contributed by atoms with Crippen LogP contribution < -0.4 is 10.1 Å². The van der Waals surface area contributed by atoms with E-state index in [1.54, 1.807) is 13.1 Å². The quantitative estimate of drug-likeness (QED) is 0.873. The van der Waals surface area contributed by atoms with Gasteiger partial charge in [0.2, 0.25) is 5.88 Å². The molecule has 1 N–H and O–H groups in total. The van der Waals surface area contributed by atoms with Crippen molar-refractivity contribution in [3.05, 3.63) is 17.3 Å². The Morgan fingerprint density at radius 3 is 2.73 bits per heavy atom. The first-order valence-electron chi connectivity index (χ1n) is 4.26. The summed E-state index contributed by atoms with van der Waals surface area (Å²) in [6.45, 7) is 0.0293. The summed E-state index contributed by atoms with van der Waals surface area (Å²) in [4.78, 5) is 3.80. The molecule has 6 heteroatoms. The van der Waals surface area contributed by atoms with E-state index in [0.717, 1.165) is 6.92 Å². The van der Waals surface area contributed by atoms with Crippen LogP contribution in [0.2, 0.25) is 5.02 Å². The zero-order chi connectivity index (χ0) is 11.5. The van der Waals surface area contributed by atoms with Crippen molar-refractivity contribution in [2.75, 3.05) is 19.0 Å². The van der Waals surface area contributed by atoms with Gasteiger partial charge in [-0.15, -0.1) is 0 Å². The van der Waals surface area contributed by atoms with Crippen molar-refractivity contribution >= 4 is 17.3 Å². The maximum absolute atomic E-state index is 12.5. The molecule has 1 rings (SSSR count). The van der Waals surface area contributed by atoms with Crippen molar-refractivity contribution in [3.63, 3.8) is 0 Å². The van der Waals surface area contributed by atoms with Crippen molar-refractivity contribution < 1.29 is 13.5 Å².